The lowest BCUT2D eigenvalue weighted by Gasteiger charge is -2.41. The largest absolute Gasteiger partial charge is 0.492 e. The summed E-state index contributed by atoms with van der Waals surface area (Å²) in [6.45, 7) is 3.70. The van der Waals surface area contributed by atoms with E-state index in [1.54, 1.807) is 25.1 Å². The molecule has 2 saturated heterocycles. The Morgan fingerprint density at radius 3 is 2.49 bits per heavy atom. The molecule has 3 aliphatic rings. The molecule has 2 aromatic rings. The highest BCUT2D eigenvalue weighted by atomic mass is 16.5. The quantitative estimate of drug-likeness (QED) is 0.690. The van der Waals surface area contributed by atoms with Crippen LogP contribution in [0.15, 0.2) is 42.5 Å². The topological polar surface area (TPSA) is 94.9 Å². The van der Waals surface area contributed by atoms with Crippen molar-refractivity contribution >= 4 is 17.5 Å². The Kier molecular flexibility index (Phi) is 5.99. The van der Waals surface area contributed by atoms with Crippen LogP contribution in [-0.2, 0) is 25.2 Å². The molecule has 2 aromatic carbocycles. The van der Waals surface area contributed by atoms with Gasteiger partial charge in [-0.1, -0.05) is 12.1 Å². The average molecular weight is 475 g/mol. The van der Waals surface area contributed by atoms with E-state index in [0.29, 0.717) is 25.4 Å². The predicted molar refractivity (Wildman–Crippen MR) is 130 cm³/mol. The van der Waals surface area contributed by atoms with Crippen molar-refractivity contribution in [2.24, 2.45) is 0 Å². The number of rotatable bonds is 6. The summed E-state index contributed by atoms with van der Waals surface area (Å²) in [5.74, 6) is 0.867. The molecule has 0 radical (unpaired) electrons. The predicted octanol–water partition coefficient (Wildman–Crippen LogP) is 2.28. The van der Waals surface area contributed by atoms with Crippen LogP contribution >= 0.6 is 0 Å². The van der Waals surface area contributed by atoms with E-state index in [1.165, 1.54) is 0 Å². The molecule has 8 nitrogen and oxygen atoms in total. The molecule has 35 heavy (non-hydrogen) atoms. The van der Waals surface area contributed by atoms with Gasteiger partial charge >= 0.3 is 0 Å². The molecule has 0 unspecified atom stereocenters. The van der Waals surface area contributed by atoms with E-state index in [-0.39, 0.29) is 11.8 Å². The zero-order valence-corrected chi connectivity index (χ0v) is 20.2. The minimum Gasteiger partial charge on any atom is -0.492 e. The zero-order chi connectivity index (χ0) is 24.6. The maximum absolute atomic E-state index is 12.8. The molecule has 1 N–H and O–H groups in total. The fraction of sp³-hybridized carbons (Fsp3) is 0.444. The second-order valence-electron chi connectivity index (χ2n) is 9.90. The van der Waals surface area contributed by atoms with Crippen molar-refractivity contribution in [2.45, 2.75) is 23.7 Å². The van der Waals surface area contributed by atoms with E-state index < -0.39 is 10.8 Å². The van der Waals surface area contributed by atoms with Crippen LogP contribution < -0.4 is 10.1 Å². The van der Waals surface area contributed by atoms with Crippen LogP contribution in [0.25, 0.3) is 0 Å². The Bertz CT molecular complexity index is 1170. The minimum atomic E-state index is -0.592. The van der Waals surface area contributed by atoms with Crippen LogP contribution in [0.4, 0.5) is 5.69 Å². The molecular formula is C27H30N4O4. The van der Waals surface area contributed by atoms with Gasteiger partial charge in [0.2, 0.25) is 11.8 Å². The summed E-state index contributed by atoms with van der Waals surface area (Å²) in [5.41, 5.74) is 2.19. The highest BCUT2D eigenvalue weighted by Gasteiger charge is 2.49. The Labute approximate surface area is 205 Å². The van der Waals surface area contributed by atoms with Gasteiger partial charge in [-0.2, -0.15) is 5.26 Å². The van der Waals surface area contributed by atoms with E-state index in [9.17, 15) is 14.9 Å². The van der Waals surface area contributed by atoms with E-state index >= 15 is 0 Å². The number of carbonyl (C=O) groups is 2. The average Bonchev–Trinajstić information content (AvgIpc) is 3.10. The molecule has 5 rings (SSSR count). The van der Waals surface area contributed by atoms with Gasteiger partial charge in [0.25, 0.3) is 0 Å². The number of hydrogen-bond acceptors (Lipinski definition) is 6. The highest BCUT2D eigenvalue weighted by molar-refractivity contribution is 6.06. The Balaban J connectivity index is 1.15. The van der Waals surface area contributed by atoms with Gasteiger partial charge in [0.05, 0.1) is 30.3 Å². The fourth-order valence-electron chi connectivity index (χ4n) is 5.45. The third-order valence-electron chi connectivity index (χ3n) is 7.65. The van der Waals surface area contributed by atoms with E-state index in [4.69, 9.17) is 9.47 Å². The first-order chi connectivity index (χ1) is 16.9. The number of nitrogens with one attached hydrogen (secondary N) is 1. The molecule has 0 atom stereocenters. The van der Waals surface area contributed by atoms with E-state index in [0.717, 1.165) is 55.0 Å². The number of amides is 2. The second-order valence-corrected chi connectivity index (χ2v) is 9.90. The first kappa shape index (κ1) is 23.3. The van der Waals surface area contributed by atoms with Gasteiger partial charge in [0, 0.05) is 26.3 Å². The maximum atomic E-state index is 12.8. The van der Waals surface area contributed by atoms with Gasteiger partial charge in [0.1, 0.15) is 17.8 Å². The summed E-state index contributed by atoms with van der Waals surface area (Å²) in [4.78, 5) is 29.4. The molecule has 2 fully saturated rings. The number of likely N-dealkylation sites (tertiary alicyclic amines) is 1. The summed E-state index contributed by atoms with van der Waals surface area (Å²) in [5, 5.41) is 12.3. The standard InChI is InChI=1S/C27H30N4O4/c1-30(2)25(33)27(17-34-18-27)20-4-6-21(7-5-20)35-14-13-31-11-9-26(10-12-31)22-15-19(16-28)3-8-23(22)29-24(26)32/h3-8,15H,9-14,17-18H2,1-2H3,(H,29,32). The van der Waals surface area contributed by atoms with E-state index in [2.05, 4.69) is 16.3 Å². The van der Waals surface area contributed by atoms with Crippen LogP contribution in [0.1, 0.15) is 29.5 Å². The monoisotopic (exact) mass is 474 g/mol. The van der Waals surface area contributed by atoms with Crippen LogP contribution in [0.2, 0.25) is 0 Å². The lowest BCUT2D eigenvalue weighted by molar-refractivity contribution is -0.153. The van der Waals surface area contributed by atoms with Crippen molar-refractivity contribution in [1.82, 2.24) is 9.80 Å². The fourth-order valence-corrected chi connectivity index (χ4v) is 5.45. The molecule has 0 aromatic heterocycles. The van der Waals surface area contributed by atoms with Crippen molar-refractivity contribution < 1.29 is 19.1 Å². The van der Waals surface area contributed by atoms with Gasteiger partial charge < -0.3 is 19.7 Å². The molecule has 0 aliphatic carbocycles. The maximum Gasteiger partial charge on any atom is 0.237 e. The van der Waals surface area contributed by atoms with Crippen molar-refractivity contribution in [2.75, 3.05) is 58.9 Å². The number of fused-ring (bicyclic) bond motifs is 2. The van der Waals surface area contributed by atoms with Crippen LogP contribution in [-0.4, -0.2) is 75.2 Å². The smallest absolute Gasteiger partial charge is 0.237 e. The molecule has 3 heterocycles. The first-order valence-corrected chi connectivity index (χ1v) is 12.0. The number of ether oxygens (including phenoxy) is 2. The van der Waals surface area contributed by atoms with Crippen molar-refractivity contribution in [3.63, 3.8) is 0 Å². The Hall–Kier alpha value is -3.41. The molecular weight excluding hydrogens is 444 g/mol. The minimum absolute atomic E-state index is 0.0426. The summed E-state index contributed by atoms with van der Waals surface area (Å²) in [6.07, 6.45) is 1.44. The number of benzene rings is 2. The molecule has 182 valence electrons. The van der Waals surface area contributed by atoms with Crippen LogP contribution in [0.3, 0.4) is 0 Å². The van der Waals surface area contributed by atoms with Gasteiger partial charge in [-0.25, -0.2) is 0 Å². The van der Waals surface area contributed by atoms with Crippen molar-refractivity contribution in [3.05, 3.63) is 59.2 Å². The normalized spacial score (nSPS) is 19.9. The number of anilines is 1. The van der Waals surface area contributed by atoms with E-state index in [1.807, 2.05) is 36.4 Å². The molecule has 0 saturated carbocycles. The van der Waals surface area contributed by atoms with Gasteiger partial charge in [0.15, 0.2) is 0 Å². The number of piperidine rings is 1. The summed E-state index contributed by atoms with van der Waals surface area (Å²) < 4.78 is 11.4. The Morgan fingerprint density at radius 2 is 1.89 bits per heavy atom. The number of hydrogen-bond donors (Lipinski definition) is 1. The SMILES string of the molecule is CN(C)C(=O)C1(c2ccc(OCCN3CCC4(CC3)C(=O)Nc3ccc(C#N)cc34)cc2)COC1. The Morgan fingerprint density at radius 1 is 1.17 bits per heavy atom. The van der Waals surface area contributed by atoms with Crippen molar-refractivity contribution in [1.29, 1.82) is 5.26 Å². The molecule has 8 heteroatoms. The van der Waals surface area contributed by atoms with Crippen LogP contribution in [0, 0.1) is 11.3 Å². The third-order valence-corrected chi connectivity index (χ3v) is 7.65. The molecule has 1 spiro atoms. The lowest BCUT2D eigenvalue weighted by atomic mass is 9.73. The molecule has 3 aliphatic heterocycles. The second kappa shape index (κ2) is 8.99. The van der Waals surface area contributed by atoms with Crippen LogP contribution in [0.5, 0.6) is 5.75 Å². The number of nitriles is 1. The number of nitrogens with zero attached hydrogens (tertiary/aromatic N) is 3. The summed E-state index contributed by atoms with van der Waals surface area (Å²) >= 11 is 0. The lowest BCUT2D eigenvalue weighted by Crippen LogP contribution is -2.57. The molecule has 2 amide bonds. The first-order valence-electron chi connectivity index (χ1n) is 12.0. The summed E-state index contributed by atoms with van der Waals surface area (Å²) in [7, 11) is 3.54. The van der Waals surface area contributed by atoms with Gasteiger partial charge in [-0.3, -0.25) is 14.5 Å². The molecule has 0 bridgehead atoms. The zero-order valence-electron chi connectivity index (χ0n) is 20.2. The van der Waals surface area contributed by atoms with Gasteiger partial charge in [-0.05, 0) is 67.4 Å². The van der Waals surface area contributed by atoms with Crippen molar-refractivity contribution in [3.8, 4) is 11.8 Å². The summed E-state index contributed by atoms with van der Waals surface area (Å²) in [6, 6.07) is 15.4. The highest BCUT2D eigenvalue weighted by Crippen LogP contribution is 2.45. The number of carbonyl (C=O) groups excluding carboxylic acids is 2. The third kappa shape index (κ3) is 3.95. The number of likely N-dealkylation sites (N-methyl/N-ethyl adjacent to an activating group) is 1. The van der Waals surface area contributed by atoms with Gasteiger partial charge in [-0.15, -0.1) is 0 Å².